The van der Waals surface area contributed by atoms with Gasteiger partial charge in [-0.15, -0.1) is 0 Å². The minimum Gasteiger partial charge on any atom is -0.383 e. The third kappa shape index (κ3) is 1.89. The number of hydrogen-bond donors (Lipinski definition) is 2. The second-order valence-corrected chi connectivity index (χ2v) is 4.16. The summed E-state index contributed by atoms with van der Waals surface area (Å²) in [5.41, 5.74) is 11.4. The first kappa shape index (κ1) is 12.2. The van der Waals surface area contributed by atoms with Gasteiger partial charge in [0.1, 0.15) is 17.5 Å². The van der Waals surface area contributed by atoms with Crippen molar-refractivity contribution in [3.8, 4) is 11.1 Å². The van der Waals surface area contributed by atoms with Crippen molar-refractivity contribution in [1.82, 2.24) is 15.0 Å². The van der Waals surface area contributed by atoms with E-state index in [4.69, 9.17) is 11.5 Å². The van der Waals surface area contributed by atoms with Crippen LogP contribution in [0.25, 0.3) is 22.2 Å². The van der Waals surface area contributed by atoms with Crippen LogP contribution in [0.2, 0.25) is 0 Å². The molecule has 3 rings (SSSR count). The van der Waals surface area contributed by atoms with E-state index in [0.717, 1.165) is 12.1 Å². The molecule has 0 fully saturated rings. The Morgan fingerprint density at radius 2 is 1.70 bits per heavy atom. The van der Waals surface area contributed by atoms with E-state index in [1.54, 1.807) is 0 Å². The standard InChI is InChI=1S/C13H9F2N5/c14-8-2-1-3-9(15)10(8)7-4-6-5-18-13(17)20-12(6)19-11(7)16/h1-5H,(H4,16,17,18,19,20). The number of fused-ring (bicyclic) bond motifs is 1. The van der Waals surface area contributed by atoms with E-state index in [-0.39, 0.29) is 28.5 Å². The van der Waals surface area contributed by atoms with E-state index in [9.17, 15) is 8.78 Å². The van der Waals surface area contributed by atoms with E-state index < -0.39 is 11.6 Å². The van der Waals surface area contributed by atoms with Crippen LogP contribution < -0.4 is 11.5 Å². The van der Waals surface area contributed by atoms with E-state index in [0.29, 0.717) is 5.39 Å². The summed E-state index contributed by atoms with van der Waals surface area (Å²) < 4.78 is 27.6. The largest absolute Gasteiger partial charge is 0.383 e. The van der Waals surface area contributed by atoms with Gasteiger partial charge in [-0.1, -0.05) is 6.07 Å². The molecule has 0 saturated carbocycles. The molecule has 0 aliphatic carbocycles. The normalized spacial score (nSPS) is 10.9. The summed E-state index contributed by atoms with van der Waals surface area (Å²) >= 11 is 0. The van der Waals surface area contributed by atoms with Crippen molar-refractivity contribution < 1.29 is 8.78 Å². The van der Waals surface area contributed by atoms with Crippen molar-refractivity contribution in [3.05, 3.63) is 42.1 Å². The smallest absolute Gasteiger partial charge is 0.222 e. The lowest BCUT2D eigenvalue weighted by atomic mass is 10.0. The highest BCUT2D eigenvalue weighted by Gasteiger charge is 2.16. The Bertz CT molecular complexity index is 799. The lowest BCUT2D eigenvalue weighted by Gasteiger charge is -2.09. The minimum atomic E-state index is -0.714. The van der Waals surface area contributed by atoms with Crippen molar-refractivity contribution in [1.29, 1.82) is 0 Å². The van der Waals surface area contributed by atoms with Crippen molar-refractivity contribution in [2.75, 3.05) is 11.5 Å². The zero-order valence-corrected chi connectivity index (χ0v) is 10.1. The fourth-order valence-corrected chi connectivity index (χ4v) is 1.95. The van der Waals surface area contributed by atoms with Gasteiger partial charge in [0, 0.05) is 17.1 Å². The van der Waals surface area contributed by atoms with Gasteiger partial charge in [-0.3, -0.25) is 0 Å². The number of nitrogens with two attached hydrogens (primary N) is 2. The minimum absolute atomic E-state index is 0.0281. The van der Waals surface area contributed by atoms with Crippen molar-refractivity contribution in [3.63, 3.8) is 0 Å². The highest BCUT2D eigenvalue weighted by atomic mass is 19.1. The first-order valence-electron chi connectivity index (χ1n) is 5.69. The number of hydrogen-bond acceptors (Lipinski definition) is 5. The predicted octanol–water partition coefficient (Wildman–Crippen LogP) is 2.13. The predicted molar refractivity (Wildman–Crippen MR) is 71.5 cm³/mol. The summed E-state index contributed by atoms with van der Waals surface area (Å²) in [5.74, 6) is -1.41. The molecule has 4 N–H and O–H groups in total. The summed E-state index contributed by atoms with van der Waals surface area (Å²) in [7, 11) is 0. The van der Waals surface area contributed by atoms with Gasteiger partial charge >= 0.3 is 0 Å². The monoisotopic (exact) mass is 273 g/mol. The van der Waals surface area contributed by atoms with Gasteiger partial charge in [0.15, 0.2) is 5.65 Å². The SMILES string of the molecule is Nc1ncc2cc(-c3c(F)cccc3F)c(N)nc2n1. The summed E-state index contributed by atoms with van der Waals surface area (Å²) in [4.78, 5) is 11.7. The highest BCUT2D eigenvalue weighted by molar-refractivity contribution is 5.87. The van der Waals surface area contributed by atoms with Gasteiger partial charge in [-0.2, -0.15) is 4.98 Å². The van der Waals surface area contributed by atoms with Crippen molar-refractivity contribution in [2.45, 2.75) is 0 Å². The Morgan fingerprint density at radius 3 is 2.40 bits per heavy atom. The highest BCUT2D eigenvalue weighted by Crippen LogP contribution is 2.31. The number of nitrogens with zero attached hydrogens (tertiary/aromatic N) is 3. The number of benzene rings is 1. The van der Waals surface area contributed by atoms with Crippen molar-refractivity contribution in [2.24, 2.45) is 0 Å². The number of rotatable bonds is 1. The second-order valence-electron chi connectivity index (χ2n) is 4.16. The molecule has 0 atom stereocenters. The molecule has 0 saturated heterocycles. The molecule has 0 unspecified atom stereocenters. The number of nitrogen functional groups attached to an aromatic ring is 2. The Kier molecular flexibility index (Phi) is 2.67. The topological polar surface area (TPSA) is 90.7 Å². The molecule has 0 radical (unpaired) electrons. The van der Waals surface area contributed by atoms with E-state index >= 15 is 0 Å². The number of pyridine rings is 1. The van der Waals surface area contributed by atoms with Crippen LogP contribution in [-0.2, 0) is 0 Å². The Morgan fingerprint density at radius 1 is 1.00 bits per heavy atom. The summed E-state index contributed by atoms with van der Waals surface area (Å²) in [6.45, 7) is 0. The molecular formula is C13H9F2N5. The van der Waals surface area contributed by atoms with Crippen LogP contribution in [0.4, 0.5) is 20.5 Å². The number of anilines is 2. The fraction of sp³-hybridized carbons (Fsp3) is 0. The molecule has 20 heavy (non-hydrogen) atoms. The van der Waals surface area contributed by atoms with Gasteiger partial charge in [-0.25, -0.2) is 18.7 Å². The zero-order valence-electron chi connectivity index (χ0n) is 10.1. The Balaban J connectivity index is 2.32. The van der Waals surface area contributed by atoms with Gasteiger partial charge in [0.25, 0.3) is 0 Å². The van der Waals surface area contributed by atoms with Gasteiger partial charge in [0.2, 0.25) is 5.95 Å². The molecule has 2 heterocycles. The molecule has 7 heteroatoms. The number of halogens is 2. The first-order valence-corrected chi connectivity index (χ1v) is 5.69. The third-order valence-corrected chi connectivity index (χ3v) is 2.85. The summed E-state index contributed by atoms with van der Waals surface area (Å²) in [6, 6.07) is 5.07. The van der Waals surface area contributed by atoms with E-state index in [2.05, 4.69) is 15.0 Å². The molecule has 0 spiro atoms. The fourth-order valence-electron chi connectivity index (χ4n) is 1.95. The molecule has 0 aliphatic rings. The van der Waals surface area contributed by atoms with Crippen LogP contribution in [0.15, 0.2) is 30.5 Å². The number of aromatic nitrogens is 3. The molecule has 0 aliphatic heterocycles. The van der Waals surface area contributed by atoms with E-state index in [1.807, 2.05) is 0 Å². The lowest BCUT2D eigenvalue weighted by molar-refractivity contribution is 0.589. The molecule has 100 valence electrons. The van der Waals surface area contributed by atoms with Crippen LogP contribution >= 0.6 is 0 Å². The maximum Gasteiger partial charge on any atom is 0.222 e. The molecule has 1 aromatic carbocycles. The lowest BCUT2D eigenvalue weighted by Crippen LogP contribution is -2.01. The Hall–Kier alpha value is -2.83. The van der Waals surface area contributed by atoms with Crippen LogP contribution in [0.3, 0.4) is 0 Å². The van der Waals surface area contributed by atoms with Crippen molar-refractivity contribution >= 4 is 22.8 Å². The molecule has 2 aromatic heterocycles. The van der Waals surface area contributed by atoms with Crippen LogP contribution in [-0.4, -0.2) is 15.0 Å². The molecule has 0 amide bonds. The second kappa shape index (κ2) is 4.37. The third-order valence-electron chi connectivity index (χ3n) is 2.85. The molecule has 0 bridgehead atoms. The molecule has 3 aromatic rings. The quantitative estimate of drug-likeness (QED) is 0.708. The summed E-state index contributed by atoms with van der Waals surface area (Å²) in [5, 5.41) is 0.492. The van der Waals surface area contributed by atoms with Crippen LogP contribution in [0.1, 0.15) is 0 Å². The maximum absolute atomic E-state index is 13.8. The Labute approximate surface area is 112 Å². The zero-order chi connectivity index (χ0) is 14.3. The maximum atomic E-state index is 13.8. The van der Waals surface area contributed by atoms with Gasteiger partial charge < -0.3 is 11.5 Å². The van der Waals surface area contributed by atoms with Gasteiger partial charge in [0.05, 0.1) is 5.56 Å². The average Bonchev–Trinajstić information content (AvgIpc) is 2.39. The van der Waals surface area contributed by atoms with Crippen LogP contribution in [0.5, 0.6) is 0 Å². The first-order chi connectivity index (χ1) is 9.56. The van der Waals surface area contributed by atoms with E-state index in [1.165, 1.54) is 18.3 Å². The van der Waals surface area contributed by atoms with Crippen LogP contribution in [0, 0.1) is 11.6 Å². The molecule has 5 nitrogen and oxygen atoms in total. The average molecular weight is 273 g/mol. The molecular weight excluding hydrogens is 264 g/mol. The van der Waals surface area contributed by atoms with Gasteiger partial charge in [-0.05, 0) is 18.2 Å². The summed E-state index contributed by atoms with van der Waals surface area (Å²) in [6.07, 6.45) is 1.42.